The number of amides is 1. The van der Waals surface area contributed by atoms with E-state index in [2.05, 4.69) is 5.32 Å². The van der Waals surface area contributed by atoms with E-state index in [1.165, 1.54) is 12.1 Å². The molecule has 0 radical (unpaired) electrons. The number of nitrogens with zero attached hydrogens (tertiary/aromatic N) is 1. The second kappa shape index (κ2) is 9.20. The molecule has 1 amide bonds. The van der Waals surface area contributed by atoms with Gasteiger partial charge in [0.25, 0.3) is 5.91 Å². The minimum Gasteiger partial charge on any atom is -0.618 e. The molecule has 0 aliphatic heterocycles. The summed E-state index contributed by atoms with van der Waals surface area (Å²) in [5.41, 5.74) is 3.47. The molecule has 0 fully saturated rings. The first-order valence-corrected chi connectivity index (χ1v) is 9.79. The summed E-state index contributed by atoms with van der Waals surface area (Å²) >= 11 is 6.55. The standard InChI is InChI=1S/C22H26ClFN2O2/c1-6-9-10-18-13(4)26(28)14(5)19(20(18)23)22(27)25-21-15(7-2)11-17(24)12-16(21)8-3/h6,9,11-12H,7-8,10H2,1-5H3,(H,25,27). The fraction of sp³-hybridized carbons (Fsp3) is 0.364. The van der Waals surface area contributed by atoms with Gasteiger partial charge in [-0.2, -0.15) is 4.73 Å². The first kappa shape index (κ1) is 21.9. The Bertz CT molecular complexity index is 914. The lowest BCUT2D eigenvalue weighted by atomic mass is 10.0. The smallest absolute Gasteiger partial charge is 0.263 e. The van der Waals surface area contributed by atoms with Crippen LogP contribution in [-0.2, 0) is 19.3 Å². The molecule has 1 aromatic heterocycles. The fourth-order valence-corrected chi connectivity index (χ4v) is 3.74. The van der Waals surface area contributed by atoms with Crippen LogP contribution in [0.3, 0.4) is 0 Å². The molecule has 0 bridgehead atoms. The van der Waals surface area contributed by atoms with Gasteiger partial charge in [-0.25, -0.2) is 4.39 Å². The number of rotatable bonds is 6. The maximum atomic E-state index is 13.9. The zero-order valence-corrected chi connectivity index (χ0v) is 17.7. The molecule has 0 saturated carbocycles. The highest BCUT2D eigenvalue weighted by Crippen LogP contribution is 2.29. The van der Waals surface area contributed by atoms with Gasteiger partial charge in [0.05, 0.1) is 5.02 Å². The Morgan fingerprint density at radius 3 is 2.29 bits per heavy atom. The molecule has 1 N–H and O–H groups in total. The number of carbonyl (C=O) groups excluding carboxylic acids is 1. The van der Waals surface area contributed by atoms with Crippen molar-refractivity contribution in [3.05, 3.63) is 74.0 Å². The van der Waals surface area contributed by atoms with E-state index in [0.717, 1.165) is 4.73 Å². The highest BCUT2D eigenvalue weighted by Gasteiger charge is 2.27. The van der Waals surface area contributed by atoms with Crippen LogP contribution >= 0.6 is 11.6 Å². The van der Waals surface area contributed by atoms with Gasteiger partial charge in [-0.3, -0.25) is 4.79 Å². The average Bonchev–Trinajstić information content (AvgIpc) is 2.67. The Balaban J connectivity index is 2.58. The van der Waals surface area contributed by atoms with Gasteiger partial charge in [0.15, 0.2) is 5.69 Å². The molecular weight excluding hydrogens is 379 g/mol. The number of hydrogen-bond donors (Lipinski definition) is 1. The summed E-state index contributed by atoms with van der Waals surface area (Å²) in [6, 6.07) is 2.84. The highest BCUT2D eigenvalue weighted by atomic mass is 35.5. The Hall–Kier alpha value is -2.40. The number of pyridine rings is 1. The first-order chi connectivity index (χ1) is 13.3. The van der Waals surface area contributed by atoms with E-state index in [-0.39, 0.29) is 22.1 Å². The molecule has 0 unspecified atom stereocenters. The Kier molecular flexibility index (Phi) is 7.19. The number of aromatic nitrogens is 1. The molecule has 1 heterocycles. The van der Waals surface area contributed by atoms with Crippen molar-refractivity contribution in [1.82, 2.24) is 0 Å². The molecule has 2 aromatic rings. The van der Waals surface area contributed by atoms with Crippen LogP contribution in [0.2, 0.25) is 5.02 Å². The zero-order chi connectivity index (χ0) is 21.0. The first-order valence-electron chi connectivity index (χ1n) is 9.41. The van der Waals surface area contributed by atoms with E-state index in [9.17, 15) is 14.4 Å². The van der Waals surface area contributed by atoms with Gasteiger partial charge in [-0.15, -0.1) is 0 Å². The number of carbonyl (C=O) groups is 1. The van der Waals surface area contributed by atoms with E-state index in [1.807, 2.05) is 32.9 Å². The van der Waals surface area contributed by atoms with Crippen molar-refractivity contribution in [2.45, 2.75) is 53.9 Å². The fourth-order valence-electron chi connectivity index (χ4n) is 3.30. The van der Waals surface area contributed by atoms with Gasteiger partial charge < -0.3 is 10.5 Å². The van der Waals surface area contributed by atoms with Crippen molar-refractivity contribution < 1.29 is 13.9 Å². The summed E-state index contributed by atoms with van der Waals surface area (Å²) in [6.07, 6.45) is 5.34. The van der Waals surface area contributed by atoms with Gasteiger partial charge in [-0.1, -0.05) is 37.6 Å². The molecule has 0 saturated heterocycles. The molecule has 2 rings (SSSR count). The lowest BCUT2D eigenvalue weighted by Gasteiger charge is -2.18. The maximum absolute atomic E-state index is 13.9. The third kappa shape index (κ3) is 4.20. The van der Waals surface area contributed by atoms with Gasteiger partial charge in [0.2, 0.25) is 5.69 Å². The van der Waals surface area contributed by atoms with Crippen molar-refractivity contribution in [1.29, 1.82) is 0 Å². The lowest BCUT2D eigenvalue weighted by Crippen LogP contribution is -2.38. The predicted octanol–water partition coefficient (Wildman–Crippen LogP) is 5.23. The molecule has 4 nitrogen and oxygen atoms in total. The Labute approximate surface area is 170 Å². The lowest BCUT2D eigenvalue weighted by molar-refractivity contribution is -0.619. The van der Waals surface area contributed by atoms with Crippen LogP contribution in [0.1, 0.15) is 59.2 Å². The van der Waals surface area contributed by atoms with Crippen LogP contribution in [-0.4, -0.2) is 5.91 Å². The molecule has 0 atom stereocenters. The number of nitrogens with one attached hydrogen (secondary N) is 1. The number of halogens is 2. The van der Waals surface area contributed by atoms with Crippen molar-refractivity contribution in [2.24, 2.45) is 0 Å². The monoisotopic (exact) mass is 404 g/mol. The SMILES string of the molecule is CC=CCc1c(Cl)c(C(=O)Nc2c(CC)cc(F)cc2CC)c(C)[n+]([O-])c1C. The number of allylic oxidation sites excluding steroid dienone is 2. The van der Waals surface area contributed by atoms with Gasteiger partial charge >= 0.3 is 0 Å². The normalized spacial score (nSPS) is 11.2. The molecule has 6 heteroatoms. The summed E-state index contributed by atoms with van der Waals surface area (Å²) in [6.45, 7) is 8.94. The van der Waals surface area contributed by atoms with Crippen LogP contribution in [0.25, 0.3) is 0 Å². The molecule has 0 aliphatic rings. The predicted molar refractivity (Wildman–Crippen MR) is 112 cm³/mol. The van der Waals surface area contributed by atoms with Crippen molar-refractivity contribution in [2.75, 3.05) is 5.32 Å². The number of hydrogen-bond acceptors (Lipinski definition) is 2. The minimum atomic E-state index is -0.468. The Morgan fingerprint density at radius 1 is 1.21 bits per heavy atom. The quantitative estimate of drug-likeness (QED) is 0.407. The minimum absolute atomic E-state index is 0.148. The van der Waals surface area contributed by atoms with E-state index >= 15 is 0 Å². The summed E-state index contributed by atoms with van der Waals surface area (Å²) < 4.78 is 14.6. The number of anilines is 1. The topological polar surface area (TPSA) is 56.0 Å². The number of aryl methyl sites for hydroxylation is 2. The molecule has 1 aromatic carbocycles. The van der Waals surface area contributed by atoms with Gasteiger partial charge in [-0.05, 0) is 49.4 Å². The Morgan fingerprint density at radius 2 is 1.79 bits per heavy atom. The molecule has 150 valence electrons. The molecular formula is C22H26ClFN2O2. The van der Waals surface area contributed by atoms with Crippen LogP contribution in [0.4, 0.5) is 10.1 Å². The number of benzene rings is 1. The van der Waals surface area contributed by atoms with Crippen molar-refractivity contribution in [3.8, 4) is 0 Å². The van der Waals surface area contributed by atoms with E-state index in [0.29, 0.717) is 47.3 Å². The molecule has 28 heavy (non-hydrogen) atoms. The van der Waals surface area contributed by atoms with Crippen molar-refractivity contribution in [3.63, 3.8) is 0 Å². The zero-order valence-electron chi connectivity index (χ0n) is 17.0. The van der Waals surface area contributed by atoms with Crippen molar-refractivity contribution >= 4 is 23.2 Å². The summed E-state index contributed by atoms with van der Waals surface area (Å²) in [5, 5.41) is 15.7. The largest absolute Gasteiger partial charge is 0.618 e. The maximum Gasteiger partial charge on any atom is 0.263 e. The van der Waals surface area contributed by atoms with Crippen LogP contribution in [0.15, 0.2) is 24.3 Å². The van der Waals surface area contributed by atoms with E-state index in [1.54, 1.807) is 13.8 Å². The molecule has 0 spiro atoms. The van der Waals surface area contributed by atoms with Gasteiger partial charge in [0.1, 0.15) is 11.4 Å². The van der Waals surface area contributed by atoms with E-state index in [4.69, 9.17) is 11.6 Å². The second-order valence-corrected chi connectivity index (χ2v) is 7.04. The third-order valence-corrected chi connectivity index (χ3v) is 5.36. The van der Waals surface area contributed by atoms with E-state index < -0.39 is 5.91 Å². The summed E-state index contributed by atoms with van der Waals surface area (Å²) in [5.74, 6) is -0.799. The highest BCUT2D eigenvalue weighted by molar-refractivity contribution is 6.35. The second-order valence-electron chi connectivity index (χ2n) is 6.67. The van der Waals surface area contributed by atoms with Crippen LogP contribution < -0.4 is 10.0 Å². The molecule has 0 aliphatic carbocycles. The average molecular weight is 405 g/mol. The van der Waals surface area contributed by atoms with Gasteiger partial charge in [0, 0.05) is 25.1 Å². The third-order valence-electron chi connectivity index (χ3n) is 4.94. The van der Waals surface area contributed by atoms with Crippen LogP contribution in [0.5, 0.6) is 0 Å². The summed E-state index contributed by atoms with van der Waals surface area (Å²) in [4.78, 5) is 13.1. The van der Waals surface area contributed by atoms with Crippen LogP contribution in [0, 0.1) is 24.9 Å². The summed E-state index contributed by atoms with van der Waals surface area (Å²) in [7, 11) is 0.